The Morgan fingerprint density at radius 1 is 1.22 bits per heavy atom. The molecule has 6 heteroatoms. The van der Waals surface area contributed by atoms with Gasteiger partial charge < -0.3 is 9.47 Å². The quantitative estimate of drug-likeness (QED) is 0.523. The van der Waals surface area contributed by atoms with E-state index in [1.54, 1.807) is 18.2 Å². The standard InChI is InChI=1S/C17H13BrF2O3/c1-22-16-8-6-13(18)9-12(16)5-7-15(21)11-3-2-4-14(10-11)23-17(19)20/h2-10,17H,1H3/b7-5+. The van der Waals surface area contributed by atoms with E-state index >= 15 is 0 Å². The van der Waals surface area contributed by atoms with Crippen LogP contribution < -0.4 is 9.47 Å². The number of hydrogen-bond donors (Lipinski definition) is 0. The van der Waals surface area contributed by atoms with Gasteiger partial charge in [0, 0.05) is 15.6 Å². The summed E-state index contributed by atoms with van der Waals surface area (Å²) in [6, 6.07) is 11.1. The minimum Gasteiger partial charge on any atom is -0.496 e. The van der Waals surface area contributed by atoms with Crippen molar-refractivity contribution in [2.24, 2.45) is 0 Å². The Balaban J connectivity index is 2.20. The zero-order valence-corrected chi connectivity index (χ0v) is 13.7. The lowest BCUT2D eigenvalue weighted by Crippen LogP contribution is -2.03. The van der Waals surface area contributed by atoms with Crippen molar-refractivity contribution in [3.8, 4) is 11.5 Å². The van der Waals surface area contributed by atoms with E-state index in [1.807, 2.05) is 6.07 Å². The molecule has 0 saturated carbocycles. The zero-order valence-electron chi connectivity index (χ0n) is 12.1. The summed E-state index contributed by atoms with van der Waals surface area (Å²) in [6.07, 6.45) is 2.96. The van der Waals surface area contributed by atoms with E-state index in [1.165, 1.54) is 37.5 Å². The number of carbonyl (C=O) groups is 1. The average molecular weight is 383 g/mol. The minimum atomic E-state index is -2.93. The molecule has 0 aliphatic heterocycles. The highest BCUT2D eigenvalue weighted by molar-refractivity contribution is 9.10. The van der Waals surface area contributed by atoms with E-state index < -0.39 is 6.61 Å². The molecular weight excluding hydrogens is 370 g/mol. The van der Waals surface area contributed by atoms with Crippen LogP contribution in [-0.2, 0) is 0 Å². The third-order valence-corrected chi connectivity index (χ3v) is 3.44. The molecular formula is C17H13BrF2O3. The van der Waals surface area contributed by atoms with Crippen molar-refractivity contribution >= 4 is 27.8 Å². The van der Waals surface area contributed by atoms with Crippen LogP contribution in [0.1, 0.15) is 15.9 Å². The fourth-order valence-corrected chi connectivity index (χ4v) is 2.30. The van der Waals surface area contributed by atoms with E-state index in [0.717, 1.165) is 10.0 Å². The Labute approximate surface area is 140 Å². The molecule has 23 heavy (non-hydrogen) atoms. The zero-order chi connectivity index (χ0) is 16.8. The molecule has 3 nitrogen and oxygen atoms in total. The first-order chi connectivity index (χ1) is 11.0. The summed E-state index contributed by atoms with van der Waals surface area (Å²) < 4.78 is 34.8. The number of hydrogen-bond acceptors (Lipinski definition) is 3. The smallest absolute Gasteiger partial charge is 0.387 e. The summed E-state index contributed by atoms with van der Waals surface area (Å²) in [6.45, 7) is -2.93. The maximum absolute atomic E-state index is 12.2. The number of methoxy groups -OCH3 is 1. The monoisotopic (exact) mass is 382 g/mol. The van der Waals surface area contributed by atoms with Gasteiger partial charge in [-0.05, 0) is 42.5 Å². The van der Waals surface area contributed by atoms with Gasteiger partial charge in [0.15, 0.2) is 5.78 Å². The van der Waals surface area contributed by atoms with Crippen molar-refractivity contribution in [1.82, 2.24) is 0 Å². The van der Waals surface area contributed by atoms with Crippen LogP contribution in [0.5, 0.6) is 11.5 Å². The largest absolute Gasteiger partial charge is 0.496 e. The summed E-state index contributed by atoms with van der Waals surface area (Å²) in [5.74, 6) is 0.234. The van der Waals surface area contributed by atoms with Crippen LogP contribution in [0, 0.1) is 0 Å². The normalized spacial score (nSPS) is 11.0. The predicted octanol–water partition coefficient (Wildman–Crippen LogP) is 4.96. The lowest BCUT2D eigenvalue weighted by atomic mass is 10.1. The second kappa shape index (κ2) is 7.87. The molecule has 0 radical (unpaired) electrons. The maximum Gasteiger partial charge on any atom is 0.387 e. The van der Waals surface area contributed by atoms with Gasteiger partial charge in [0.1, 0.15) is 11.5 Å². The summed E-state index contributed by atoms with van der Waals surface area (Å²) >= 11 is 3.35. The summed E-state index contributed by atoms with van der Waals surface area (Å²) in [5, 5.41) is 0. The molecule has 0 aromatic heterocycles. The summed E-state index contributed by atoms with van der Waals surface area (Å²) in [4.78, 5) is 12.2. The molecule has 0 saturated heterocycles. The second-order valence-electron chi connectivity index (χ2n) is 4.49. The Bertz CT molecular complexity index is 730. The van der Waals surface area contributed by atoms with Gasteiger partial charge in [-0.15, -0.1) is 0 Å². The van der Waals surface area contributed by atoms with Crippen molar-refractivity contribution in [2.45, 2.75) is 6.61 Å². The lowest BCUT2D eigenvalue weighted by molar-refractivity contribution is -0.0498. The van der Waals surface area contributed by atoms with Gasteiger partial charge in [-0.25, -0.2) is 0 Å². The Morgan fingerprint density at radius 3 is 2.70 bits per heavy atom. The third-order valence-electron chi connectivity index (χ3n) is 2.95. The maximum atomic E-state index is 12.2. The molecule has 2 aromatic rings. The van der Waals surface area contributed by atoms with Gasteiger partial charge >= 0.3 is 6.61 Å². The molecule has 0 atom stereocenters. The highest BCUT2D eigenvalue weighted by Gasteiger charge is 2.08. The van der Waals surface area contributed by atoms with E-state index in [0.29, 0.717) is 5.75 Å². The number of benzene rings is 2. The SMILES string of the molecule is COc1ccc(Br)cc1/C=C/C(=O)c1cccc(OC(F)F)c1. The van der Waals surface area contributed by atoms with Crippen LogP contribution in [0.4, 0.5) is 8.78 Å². The average Bonchev–Trinajstić information content (AvgIpc) is 2.52. The molecule has 0 unspecified atom stereocenters. The molecule has 0 bridgehead atoms. The second-order valence-corrected chi connectivity index (χ2v) is 5.41. The molecule has 0 aliphatic carbocycles. The van der Waals surface area contributed by atoms with E-state index in [2.05, 4.69) is 20.7 Å². The van der Waals surface area contributed by atoms with Crippen molar-refractivity contribution in [2.75, 3.05) is 7.11 Å². The minimum absolute atomic E-state index is 0.0562. The van der Waals surface area contributed by atoms with E-state index in [-0.39, 0.29) is 17.1 Å². The van der Waals surface area contributed by atoms with Crippen LogP contribution in [0.25, 0.3) is 6.08 Å². The molecule has 0 heterocycles. The van der Waals surface area contributed by atoms with Crippen molar-refractivity contribution in [1.29, 1.82) is 0 Å². The number of carbonyl (C=O) groups excluding carboxylic acids is 1. The topological polar surface area (TPSA) is 35.5 Å². The Morgan fingerprint density at radius 2 is 2.00 bits per heavy atom. The fraction of sp³-hybridized carbons (Fsp3) is 0.118. The van der Waals surface area contributed by atoms with Crippen LogP contribution in [0.3, 0.4) is 0 Å². The first kappa shape index (κ1) is 17.1. The molecule has 0 fully saturated rings. The van der Waals surface area contributed by atoms with E-state index in [9.17, 15) is 13.6 Å². The molecule has 0 spiro atoms. The third kappa shape index (κ3) is 4.89. The van der Waals surface area contributed by atoms with Crippen LogP contribution in [-0.4, -0.2) is 19.5 Å². The number of halogens is 3. The summed E-state index contributed by atoms with van der Waals surface area (Å²) in [7, 11) is 1.54. The molecule has 0 N–H and O–H groups in total. The number of rotatable bonds is 6. The van der Waals surface area contributed by atoms with Crippen molar-refractivity contribution < 1.29 is 23.0 Å². The molecule has 120 valence electrons. The van der Waals surface area contributed by atoms with Gasteiger partial charge in [0.2, 0.25) is 0 Å². The molecule has 0 aliphatic rings. The van der Waals surface area contributed by atoms with Crippen LogP contribution in [0.15, 0.2) is 53.0 Å². The highest BCUT2D eigenvalue weighted by atomic mass is 79.9. The van der Waals surface area contributed by atoms with Gasteiger partial charge in [0.25, 0.3) is 0 Å². The molecule has 0 amide bonds. The van der Waals surface area contributed by atoms with Gasteiger partial charge in [-0.2, -0.15) is 8.78 Å². The highest BCUT2D eigenvalue weighted by Crippen LogP contribution is 2.24. The Kier molecular flexibility index (Phi) is 5.87. The van der Waals surface area contributed by atoms with Crippen LogP contribution >= 0.6 is 15.9 Å². The molecule has 2 aromatic carbocycles. The van der Waals surface area contributed by atoms with Gasteiger partial charge in [0.05, 0.1) is 7.11 Å². The van der Waals surface area contributed by atoms with Gasteiger partial charge in [-0.1, -0.05) is 28.1 Å². The van der Waals surface area contributed by atoms with Crippen molar-refractivity contribution in [3.63, 3.8) is 0 Å². The lowest BCUT2D eigenvalue weighted by Gasteiger charge is -2.06. The first-order valence-corrected chi connectivity index (χ1v) is 7.39. The number of allylic oxidation sites excluding steroid dienone is 1. The predicted molar refractivity (Wildman–Crippen MR) is 87.1 cm³/mol. The van der Waals surface area contributed by atoms with Crippen molar-refractivity contribution in [3.05, 3.63) is 64.1 Å². The number of ketones is 1. The fourth-order valence-electron chi connectivity index (χ4n) is 1.92. The molecule has 2 rings (SSSR count). The van der Waals surface area contributed by atoms with Crippen LogP contribution in [0.2, 0.25) is 0 Å². The number of ether oxygens (including phenoxy) is 2. The first-order valence-electron chi connectivity index (χ1n) is 6.60. The van der Waals surface area contributed by atoms with E-state index in [4.69, 9.17) is 4.74 Å². The summed E-state index contributed by atoms with van der Waals surface area (Å²) in [5.41, 5.74) is 0.976. The Hall–Kier alpha value is -2.21. The van der Waals surface area contributed by atoms with Gasteiger partial charge in [-0.3, -0.25) is 4.79 Å². The number of alkyl halides is 2.